The molecule has 130 valence electrons. The van der Waals surface area contributed by atoms with Gasteiger partial charge in [0.15, 0.2) is 0 Å². The summed E-state index contributed by atoms with van der Waals surface area (Å²) >= 11 is 0. The minimum absolute atomic E-state index is 0.100. The molecule has 0 amide bonds. The predicted molar refractivity (Wildman–Crippen MR) is 89.1 cm³/mol. The van der Waals surface area contributed by atoms with Crippen LogP contribution in [0.5, 0.6) is 0 Å². The fourth-order valence-electron chi connectivity index (χ4n) is 2.74. The molecule has 26 heavy (non-hydrogen) atoms. The van der Waals surface area contributed by atoms with Gasteiger partial charge in [-0.1, -0.05) is 29.5 Å². The summed E-state index contributed by atoms with van der Waals surface area (Å²) in [5.41, 5.74) is 0.859. The molecule has 5 nitrogen and oxygen atoms in total. The average Bonchev–Trinajstić information content (AvgIpc) is 3.09. The van der Waals surface area contributed by atoms with Gasteiger partial charge in [-0.15, -0.1) is 5.10 Å². The first-order valence-electron chi connectivity index (χ1n) is 7.77. The van der Waals surface area contributed by atoms with Gasteiger partial charge in [-0.3, -0.25) is 4.98 Å². The molecule has 0 N–H and O–H groups in total. The van der Waals surface area contributed by atoms with Gasteiger partial charge in [0, 0.05) is 23.3 Å². The van der Waals surface area contributed by atoms with Crippen molar-refractivity contribution in [1.82, 2.24) is 25.0 Å². The SMILES string of the molecule is FC(F)(F)c1cccc(Cn2cc(-c3cccc4cnccc34)nn2)n1. The number of hydrogen-bond acceptors (Lipinski definition) is 4. The van der Waals surface area contributed by atoms with Crippen LogP contribution in [0.25, 0.3) is 22.0 Å². The Hall–Kier alpha value is -3.29. The Morgan fingerprint density at radius 3 is 2.69 bits per heavy atom. The smallest absolute Gasteiger partial charge is 0.264 e. The molecule has 4 aromatic rings. The molecular formula is C18H12F3N5. The lowest BCUT2D eigenvalue weighted by Crippen LogP contribution is -2.11. The van der Waals surface area contributed by atoms with E-state index in [0.29, 0.717) is 5.69 Å². The Labute approximate surface area is 146 Å². The zero-order valence-corrected chi connectivity index (χ0v) is 13.4. The summed E-state index contributed by atoms with van der Waals surface area (Å²) in [6.45, 7) is 0.100. The van der Waals surface area contributed by atoms with Crippen LogP contribution in [-0.2, 0) is 12.7 Å². The van der Waals surface area contributed by atoms with Crippen molar-refractivity contribution >= 4 is 10.8 Å². The highest BCUT2D eigenvalue weighted by molar-refractivity contribution is 5.94. The molecule has 0 aliphatic rings. The third-order valence-electron chi connectivity index (χ3n) is 3.92. The molecular weight excluding hydrogens is 343 g/mol. The maximum absolute atomic E-state index is 12.8. The molecule has 0 spiro atoms. The summed E-state index contributed by atoms with van der Waals surface area (Å²) in [4.78, 5) is 7.74. The van der Waals surface area contributed by atoms with Crippen molar-refractivity contribution in [3.8, 4) is 11.3 Å². The van der Waals surface area contributed by atoms with Gasteiger partial charge in [-0.2, -0.15) is 13.2 Å². The van der Waals surface area contributed by atoms with Gasteiger partial charge < -0.3 is 0 Å². The molecule has 0 unspecified atom stereocenters. The summed E-state index contributed by atoms with van der Waals surface area (Å²) in [6.07, 6.45) is 0.677. The normalized spacial score (nSPS) is 11.8. The number of halogens is 3. The number of aromatic nitrogens is 5. The largest absolute Gasteiger partial charge is 0.433 e. The Morgan fingerprint density at radius 1 is 1.00 bits per heavy atom. The topological polar surface area (TPSA) is 56.5 Å². The van der Waals surface area contributed by atoms with Gasteiger partial charge in [0.25, 0.3) is 0 Å². The molecule has 3 aromatic heterocycles. The molecule has 8 heteroatoms. The fraction of sp³-hybridized carbons (Fsp3) is 0.111. The van der Waals surface area contributed by atoms with Gasteiger partial charge in [0.1, 0.15) is 11.4 Å². The van der Waals surface area contributed by atoms with Crippen molar-refractivity contribution in [3.05, 3.63) is 72.4 Å². The third kappa shape index (κ3) is 3.13. The summed E-state index contributed by atoms with van der Waals surface area (Å²) in [6, 6.07) is 11.5. The van der Waals surface area contributed by atoms with Crippen LogP contribution in [0.4, 0.5) is 13.2 Å². The number of nitrogens with zero attached hydrogens (tertiary/aromatic N) is 5. The van der Waals surface area contributed by atoms with Gasteiger partial charge in [0.05, 0.1) is 18.4 Å². The molecule has 4 rings (SSSR count). The molecule has 0 aliphatic carbocycles. The van der Waals surface area contributed by atoms with E-state index in [4.69, 9.17) is 0 Å². The van der Waals surface area contributed by atoms with Crippen LogP contribution in [0.3, 0.4) is 0 Å². The zero-order valence-electron chi connectivity index (χ0n) is 13.4. The zero-order chi connectivity index (χ0) is 18.1. The molecule has 0 fully saturated rings. The van der Waals surface area contributed by atoms with Gasteiger partial charge in [0.2, 0.25) is 0 Å². The number of hydrogen-bond donors (Lipinski definition) is 0. The lowest BCUT2D eigenvalue weighted by atomic mass is 10.0. The van der Waals surface area contributed by atoms with Crippen molar-refractivity contribution in [2.24, 2.45) is 0 Å². The highest BCUT2D eigenvalue weighted by Gasteiger charge is 2.32. The molecule has 1 aromatic carbocycles. The average molecular weight is 355 g/mol. The first-order chi connectivity index (χ1) is 12.5. The lowest BCUT2D eigenvalue weighted by molar-refractivity contribution is -0.141. The number of fused-ring (bicyclic) bond motifs is 1. The van der Waals surface area contributed by atoms with Gasteiger partial charge in [-0.05, 0) is 23.6 Å². The van der Waals surface area contributed by atoms with Crippen LogP contribution in [-0.4, -0.2) is 25.0 Å². The van der Waals surface area contributed by atoms with Crippen molar-refractivity contribution in [1.29, 1.82) is 0 Å². The van der Waals surface area contributed by atoms with Crippen molar-refractivity contribution < 1.29 is 13.2 Å². The summed E-state index contributed by atoms with van der Waals surface area (Å²) in [5.74, 6) is 0. The first-order valence-corrected chi connectivity index (χ1v) is 7.77. The minimum atomic E-state index is -4.47. The predicted octanol–water partition coefficient (Wildman–Crippen LogP) is 3.96. The van der Waals surface area contributed by atoms with E-state index in [2.05, 4.69) is 20.3 Å². The maximum Gasteiger partial charge on any atom is 0.433 e. The van der Waals surface area contributed by atoms with E-state index < -0.39 is 11.9 Å². The second-order valence-corrected chi connectivity index (χ2v) is 5.72. The van der Waals surface area contributed by atoms with E-state index in [-0.39, 0.29) is 12.2 Å². The van der Waals surface area contributed by atoms with Crippen LogP contribution in [0.2, 0.25) is 0 Å². The number of pyridine rings is 2. The van der Waals surface area contributed by atoms with Crippen LogP contribution in [0.15, 0.2) is 61.1 Å². The summed E-state index contributed by atoms with van der Waals surface area (Å²) in [7, 11) is 0. The molecule has 3 heterocycles. The molecule has 0 radical (unpaired) electrons. The molecule has 0 bridgehead atoms. The van der Waals surface area contributed by atoms with E-state index in [9.17, 15) is 13.2 Å². The second-order valence-electron chi connectivity index (χ2n) is 5.72. The van der Waals surface area contributed by atoms with Crippen LogP contribution < -0.4 is 0 Å². The second kappa shape index (κ2) is 6.21. The number of benzene rings is 1. The van der Waals surface area contributed by atoms with Crippen LogP contribution in [0, 0.1) is 0 Å². The van der Waals surface area contributed by atoms with Crippen molar-refractivity contribution in [3.63, 3.8) is 0 Å². The van der Waals surface area contributed by atoms with Gasteiger partial charge >= 0.3 is 6.18 Å². The summed E-state index contributed by atoms with van der Waals surface area (Å²) in [5, 5.41) is 10.1. The van der Waals surface area contributed by atoms with E-state index in [1.54, 1.807) is 18.6 Å². The monoisotopic (exact) mass is 355 g/mol. The van der Waals surface area contributed by atoms with E-state index >= 15 is 0 Å². The highest BCUT2D eigenvalue weighted by atomic mass is 19.4. The van der Waals surface area contributed by atoms with Crippen LogP contribution >= 0.6 is 0 Å². The number of rotatable bonds is 3. The van der Waals surface area contributed by atoms with Gasteiger partial charge in [-0.25, -0.2) is 9.67 Å². The van der Waals surface area contributed by atoms with E-state index in [0.717, 1.165) is 22.4 Å². The Kier molecular flexibility index (Phi) is 3.87. The van der Waals surface area contributed by atoms with Crippen molar-refractivity contribution in [2.45, 2.75) is 12.7 Å². The van der Waals surface area contributed by atoms with Crippen molar-refractivity contribution in [2.75, 3.05) is 0 Å². The standard InChI is InChI=1S/C18H12F3N5/c19-18(20,21)17-6-2-4-13(23-17)10-26-11-16(24-25-26)15-5-1-3-12-9-22-8-7-14(12)15/h1-9,11H,10H2. The fourth-order valence-corrected chi connectivity index (χ4v) is 2.74. The van der Waals surface area contributed by atoms with E-state index in [1.807, 2.05) is 24.3 Å². The minimum Gasteiger partial charge on any atom is -0.264 e. The van der Waals surface area contributed by atoms with Crippen LogP contribution in [0.1, 0.15) is 11.4 Å². The Balaban J connectivity index is 1.65. The first kappa shape index (κ1) is 16.2. The molecule has 0 aliphatic heterocycles. The third-order valence-corrected chi connectivity index (χ3v) is 3.92. The highest BCUT2D eigenvalue weighted by Crippen LogP contribution is 2.28. The number of alkyl halides is 3. The summed E-state index contributed by atoms with van der Waals surface area (Å²) < 4.78 is 39.8. The lowest BCUT2D eigenvalue weighted by Gasteiger charge is -2.07. The molecule has 0 saturated heterocycles. The molecule has 0 saturated carbocycles. The Morgan fingerprint density at radius 2 is 1.85 bits per heavy atom. The molecule has 0 atom stereocenters. The Bertz CT molecular complexity index is 1070. The van der Waals surface area contributed by atoms with E-state index in [1.165, 1.54) is 16.8 Å². The maximum atomic E-state index is 12.8. The quantitative estimate of drug-likeness (QED) is 0.558.